The Balaban J connectivity index is 2.33. The van der Waals surface area contributed by atoms with Gasteiger partial charge < -0.3 is 9.30 Å². The van der Waals surface area contributed by atoms with E-state index < -0.39 is 0 Å². The number of rotatable bonds is 3. The minimum absolute atomic E-state index is 0.238. The zero-order valence-corrected chi connectivity index (χ0v) is 11.6. The summed E-state index contributed by atoms with van der Waals surface area (Å²) in [5.74, 6) is -0.115. The van der Waals surface area contributed by atoms with E-state index in [1.54, 1.807) is 7.05 Å². The van der Waals surface area contributed by atoms with Crippen LogP contribution in [0.2, 0.25) is 0 Å². The second-order valence-corrected chi connectivity index (χ2v) is 4.81. The first-order chi connectivity index (χ1) is 9.01. The van der Waals surface area contributed by atoms with Crippen LogP contribution in [0.1, 0.15) is 16.1 Å². The van der Waals surface area contributed by atoms with Gasteiger partial charge in [0.2, 0.25) is 0 Å². The van der Waals surface area contributed by atoms with Gasteiger partial charge in [0.1, 0.15) is 5.75 Å². The molecule has 0 aliphatic carbocycles. The summed E-state index contributed by atoms with van der Waals surface area (Å²) >= 11 is 1.34. The molecule has 100 valence electrons. The first kappa shape index (κ1) is 13.3. The van der Waals surface area contributed by atoms with Gasteiger partial charge in [-0.25, -0.2) is 4.98 Å². The van der Waals surface area contributed by atoms with Crippen molar-refractivity contribution >= 4 is 22.4 Å². The lowest BCUT2D eigenvalue weighted by Crippen LogP contribution is -2.21. The van der Waals surface area contributed by atoms with E-state index in [0.717, 1.165) is 5.69 Å². The fourth-order valence-electron chi connectivity index (χ4n) is 1.53. The van der Waals surface area contributed by atoms with Crippen LogP contribution in [0.4, 0.5) is 5.13 Å². The van der Waals surface area contributed by atoms with E-state index in [9.17, 15) is 9.59 Å². The molecular weight excluding hydrogens is 266 g/mol. The van der Waals surface area contributed by atoms with Crippen molar-refractivity contribution < 1.29 is 9.53 Å². The fraction of sp³-hybridized carbons (Fsp3) is 0.250. The van der Waals surface area contributed by atoms with Crippen LogP contribution in [0.25, 0.3) is 0 Å². The largest absolute Gasteiger partial charge is 0.496 e. The molecule has 2 heterocycles. The van der Waals surface area contributed by atoms with Crippen molar-refractivity contribution in [2.24, 2.45) is 7.05 Å². The Bertz CT molecular complexity index is 675. The molecule has 0 spiro atoms. The summed E-state index contributed by atoms with van der Waals surface area (Å²) in [5, 5.41) is 5.03. The van der Waals surface area contributed by atoms with Crippen molar-refractivity contribution in [1.82, 2.24) is 9.55 Å². The lowest BCUT2D eigenvalue weighted by atomic mass is 10.2. The van der Waals surface area contributed by atoms with Crippen molar-refractivity contribution in [3.8, 4) is 5.75 Å². The highest BCUT2D eigenvalue weighted by atomic mass is 32.1. The Morgan fingerprint density at radius 2 is 2.26 bits per heavy atom. The lowest BCUT2D eigenvalue weighted by molar-refractivity contribution is 0.102. The quantitative estimate of drug-likeness (QED) is 0.922. The van der Waals surface area contributed by atoms with Crippen LogP contribution < -0.4 is 15.6 Å². The maximum absolute atomic E-state index is 12.1. The molecule has 0 atom stereocenters. The predicted octanol–water partition coefficient (Wildman–Crippen LogP) is 1.41. The molecule has 0 aliphatic heterocycles. The van der Waals surface area contributed by atoms with Crippen LogP contribution in [-0.2, 0) is 7.05 Å². The second kappa shape index (κ2) is 5.23. The Morgan fingerprint density at radius 1 is 1.53 bits per heavy atom. The first-order valence-electron chi connectivity index (χ1n) is 5.49. The van der Waals surface area contributed by atoms with Crippen LogP contribution in [0, 0.1) is 6.92 Å². The van der Waals surface area contributed by atoms with E-state index in [4.69, 9.17) is 4.74 Å². The molecule has 2 aromatic heterocycles. The zero-order valence-electron chi connectivity index (χ0n) is 10.8. The van der Waals surface area contributed by atoms with Crippen LogP contribution in [-0.4, -0.2) is 22.6 Å². The van der Waals surface area contributed by atoms with E-state index >= 15 is 0 Å². The fourth-order valence-corrected chi connectivity index (χ4v) is 2.21. The van der Waals surface area contributed by atoms with Gasteiger partial charge in [-0.2, -0.15) is 0 Å². The van der Waals surface area contributed by atoms with Crippen molar-refractivity contribution in [3.63, 3.8) is 0 Å². The minimum Gasteiger partial charge on any atom is -0.496 e. The molecular formula is C12H13N3O3S. The number of nitrogens with zero attached hydrogens (tertiary/aromatic N) is 2. The van der Waals surface area contributed by atoms with Crippen molar-refractivity contribution in [1.29, 1.82) is 0 Å². The number of nitrogens with one attached hydrogen (secondary N) is 1. The third kappa shape index (κ3) is 2.82. The van der Waals surface area contributed by atoms with Gasteiger partial charge in [-0.3, -0.25) is 14.9 Å². The third-order valence-corrected chi connectivity index (χ3v) is 3.37. The molecule has 7 heteroatoms. The first-order valence-corrected chi connectivity index (χ1v) is 6.37. The molecule has 2 rings (SSSR count). The molecule has 0 radical (unpaired) electrons. The molecule has 0 saturated heterocycles. The van der Waals surface area contributed by atoms with Gasteiger partial charge in [0.05, 0.1) is 18.4 Å². The molecule has 0 aromatic carbocycles. The highest BCUT2D eigenvalue weighted by molar-refractivity contribution is 7.13. The smallest absolute Gasteiger partial charge is 0.262 e. The number of ether oxygens (including phenoxy) is 1. The van der Waals surface area contributed by atoms with E-state index in [1.807, 2.05) is 12.3 Å². The third-order valence-electron chi connectivity index (χ3n) is 2.49. The summed E-state index contributed by atoms with van der Waals surface area (Å²) in [6.07, 6.45) is 1.44. The average Bonchev–Trinajstić information content (AvgIpc) is 2.77. The second-order valence-electron chi connectivity index (χ2n) is 3.95. The number of carbonyl (C=O) groups is 1. The number of carbonyl (C=O) groups excluding carboxylic acids is 1. The van der Waals surface area contributed by atoms with E-state index in [0.29, 0.717) is 5.13 Å². The molecule has 0 aliphatic rings. The molecule has 0 fully saturated rings. The predicted molar refractivity (Wildman–Crippen MR) is 73.0 cm³/mol. The van der Waals surface area contributed by atoms with E-state index in [2.05, 4.69) is 10.3 Å². The van der Waals surface area contributed by atoms with E-state index in [-0.39, 0.29) is 22.8 Å². The summed E-state index contributed by atoms with van der Waals surface area (Å²) in [7, 11) is 2.99. The molecule has 0 unspecified atom stereocenters. The summed E-state index contributed by atoms with van der Waals surface area (Å²) in [6, 6.07) is 1.28. The van der Waals surface area contributed by atoms with Gasteiger partial charge in [0.25, 0.3) is 11.5 Å². The Hall–Kier alpha value is -2.15. The molecule has 6 nitrogen and oxygen atoms in total. The van der Waals surface area contributed by atoms with Crippen LogP contribution in [0.3, 0.4) is 0 Å². The summed E-state index contributed by atoms with van der Waals surface area (Å²) in [5.41, 5.74) is 0.892. The lowest BCUT2D eigenvalue weighted by Gasteiger charge is -2.09. The molecule has 19 heavy (non-hydrogen) atoms. The number of methoxy groups -OCH3 is 1. The number of thiazole rings is 1. The Labute approximate surface area is 113 Å². The molecule has 0 saturated carbocycles. The molecule has 2 aromatic rings. The molecule has 0 bridgehead atoms. The summed E-state index contributed by atoms with van der Waals surface area (Å²) in [6.45, 7) is 1.85. The number of hydrogen-bond acceptors (Lipinski definition) is 5. The maximum atomic E-state index is 12.1. The van der Waals surface area contributed by atoms with Gasteiger partial charge in [-0.15, -0.1) is 11.3 Å². The monoisotopic (exact) mass is 279 g/mol. The van der Waals surface area contributed by atoms with E-state index in [1.165, 1.54) is 35.3 Å². The highest BCUT2D eigenvalue weighted by Gasteiger charge is 2.15. The maximum Gasteiger partial charge on any atom is 0.262 e. The molecule has 1 N–H and O–H groups in total. The SMILES string of the molecule is COc1cc(=O)n(C)cc1C(=O)Nc1nc(C)cs1. The van der Waals surface area contributed by atoms with Crippen molar-refractivity contribution in [2.45, 2.75) is 6.92 Å². The Morgan fingerprint density at radius 3 is 2.84 bits per heavy atom. The minimum atomic E-state index is -0.359. The van der Waals surface area contributed by atoms with Gasteiger partial charge >= 0.3 is 0 Å². The summed E-state index contributed by atoms with van der Waals surface area (Å²) in [4.78, 5) is 27.8. The highest BCUT2D eigenvalue weighted by Crippen LogP contribution is 2.19. The number of anilines is 1. The number of hydrogen-bond donors (Lipinski definition) is 1. The molecule has 1 amide bonds. The van der Waals surface area contributed by atoms with Crippen LogP contribution in [0.5, 0.6) is 5.75 Å². The normalized spacial score (nSPS) is 10.3. The van der Waals surface area contributed by atoms with Crippen LogP contribution >= 0.6 is 11.3 Å². The number of aryl methyl sites for hydroxylation is 2. The number of amides is 1. The zero-order chi connectivity index (χ0) is 14.0. The van der Waals surface area contributed by atoms with Crippen LogP contribution in [0.15, 0.2) is 22.4 Å². The van der Waals surface area contributed by atoms with Crippen molar-refractivity contribution in [2.75, 3.05) is 12.4 Å². The Kier molecular flexibility index (Phi) is 3.66. The number of aromatic nitrogens is 2. The average molecular weight is 279 g/mol. The van der Waals surface area contributed by atoms with Gasteiger partial charge in [0.15, 0.2) is 5.13 Å². The standard InChI is InChI=1S/C12H13N3O3S/c1-7-6-19-12(13-7)14-11(17)8-5-15(2)10(16)4-9(8)18-3/h4-6H,1-3H3,(H,13,14,17). The van der Waals surface area contributed by atoms with Gasteiger partial charge in [0, 0.05) is 24.7 Å². The van der Waals surface area contributed by atoms with Gasteiger partial charge in [-0.1, -0.05) is 0 Å². The topological polar surface area (TPSA) is 73.2 Å². The van der Waals surface area contributed by atoms with Gasteiger partial charge in [-0.05, 0) is 6.92 Å². The summed E-state index contributed by atoms with van der Waals surface area (Å²) < 4.78 is 6.38. The number of pyridine rings is 1. The van der Waals surface area contributed by atoms with Crippen molar-refractivity contribution in [3.05, 3.63) is 39.3 Å².